The lowest BCUT2D eigenvalue weighted by Crippen LogP contribution is -2.36. The van der Waals surface area contributed by atoms with Crippen molar-refractivity contribution in [2.45, 2.75) is 31.9 Å². The van der Waals surface area contributed by atoms with Gasteiger partial charge in [-0.05, 0) is 49.6 Å². The molecule has 0 aromatic heterocycles. The number of rotatable bonds is 10. The smallest absolute Gasteiger partial charge is 0.248 e. The van der Waals surface area contributed by atoms with Crippen molar-refractivity contribution in [1.29, 1.82) is 0 Å². The highest BCUT2D eigenvalue weighted by Crippen LogP contribution is 2.09. The molecule has 0 saturated carbocycles. The number of aliphatic hydroxyl groups is 1. The Morgan fingerprint density at radius 2 is 1.84 bits per heavy atom. The van der Waals surface area contributed by atoms with E-state index in [0.29, 0.717) is 12.1 Å². The molecule has 2 aromatic carbocycles. The molecular formula is C20H26N2O3. The molecule has 2 rings (SSSR count). The van der Waals surface area contributed by atoms with Gasteiger partial charge < -0.3 is 20.9 Å². The number of para-hydroxylation sites is 1. The summed E-state index contributed by atoms with van der Waals surface area (Å²) in [6, 6.07) is 17.1. The van der Waals surface area contributed by atoms with Crippen molar-refractivity contribution in [3.8, 4) is 5.75 Å². The third-order valence-electron chi connectivity index (χ3n) is 3.99. The van der Waals surface area contributed by atoms with E-state index in [2.05, 4.69) is 12.2 Å². The van der Waals surface area contributed by atoms with Crippen molar-refractivity contribution >= 4 is 5.91 Å². The van der Waals surface area contributed by atoms with Crippen molar-refractivity contribution in [3.63, 3.8) is 0 Å². The van der Waals surface area contributed by atoms with E-state index in [-0.39, 0.29) is 12.6 Å². The summed E-state index contributed by atoms with van der Waals surface area (Å²) in [5, 5.41) is 13.3. The molecule has 0 bridgehead atoms. The second kappa shape index (κ2) is 9.81. The van der Waals surface area contributed by atoms with Crippen molar-refractivity contribution in [2.75, 3.05) is 13.2 Å². The highest BCUT2D eigenvalue weighted by molar-refractivity contribution is 5.92. The summed E-state index contributed by atoms with van der Waals surface area (Å²) >= 11 is 0. The number of benzene rings is 2. The Morgan fingerprint density at radius 3 is 2.48 bits per heavy atom. The SMILES string of the molecule is C[C@H](CCc1ccc(C(N)=O)cc1)NC[C@H](O)COc1ccccc1. The molecular weight excluding hydrogens is 316 g/mol. The maximum absolute atomic E-state index is 11.0. The van der Waals surface area contributed by atoms with Gasteiger partial charge in [-0.2, -0.15) is 0 Å². The van der Waals surface area contributed by atoms with Crippen LogP contribution in [0.4, 0.5) is 0 Å². The molecule has 0 saturated heterocycles. The van der Waals surface area contributed by atoms with Crippen LogP contribution in [0.25, 0.3) is 0 Å². The largest absolute Gasteiger partial charge is 0.491 e. The Labute approximate surface area is 148 Å². The van der Waals surface area contributed by atoms with Crippen LogP contribution in [0.1, 0.15) is 29.3 Å². The Hall–Kier alpha value is -2.37. The van der Waals surface area contributed by atoms with Crippen LogP contribution in [0, 0.1) is 0 Å². The van der Waals surface area contributed by atoms with Gasteiger partial charge >= 0.3 is 0 Å². The minimum atomic E-state index is -0.558. The van der Waals surface area contributed by atoms with E-state index in [1.807, 2.05) is 42.5 Å². The number of ether oxygens (including phenoxy) is 1. The highest BCUT2D eigenvalue weighted by atomic mass is 16.5. The monoisotopic (exact) mass is 342 g/mol. The van der Waals surface area contributed by atoms with Gasteiger partial charge in [-0.25, -0.2) is 0 Å². The summed E-state index contributed by atoms with van der Waals surface area (Å²) in [6.07, 6.45) is 1.27. The fourth-order valence-corrected chi connectivity index (χ4v) is 2.43. The number of hydrogen-bond donors (Lipinski definition) is 3. The fraction of sp³-hybridized carbons (Fsp3) is 0.350. The zero-order valence-corrected chi connectivity index (χ0v) is 14.5. The van der Waals surface area contributed by atoms with Gasteiger partial charge in [0.2, 0.25) is 5.91 Å². The Kier molecular flexibility index (Phi) is 7.44. The molecule has 5 nitrogen and oxygen atoms in total. The molecule has 5 heteroatoms. The number of nitrogens with one attached hydrogen (secondary N) is 1. The predicted molar refractivity (Wildman–Crippen MR) is 98.7 cm³/mol. The minimum absolute atomic E-state index is 0.262. The van der Waals surface area contributed by atoms with E-state index < -0.39 is 12.0 Å². The first kappa shape index (κ1) is 19.0. The average molecular weight is 342 g/mol. The van der Waals surface area contributed by atoms with Gasteiger partial charge in [0.25, 0.3) is 0 Å². The standard InChI is InChI=1S/C20H26N2O3/c1-15(7-8-16-9-11-17(12-10-16)20(21)24)22-13-18(23)14-25-19-5-3-2-4-6-19/h2-6,9-12,15,18,22-23H,7-8,13-14H2,1H3,(H2,21,24)/t15-,18+/m1/s1. The van der Waals surface area contributed by atoms with Crippen molar-refractivity contribution < 1.29 is 14.6 Å². The van der Waals surface area contributed by atoms with Crippen molar-refractivity contribution in [2.24, 2.45) is 5.73 Å². The molecule has 0 fully saturated rings. The number of primary amides is 1. The van der Waals surface area contributed by atoms with E-state index in [0.717, 1.165) is 24.2 Å². The Bertz CT molecular complexity index is 644. The maximum Gasteiger partial charge on any atom is 0.248 e. The van der Waals surface area contributed by atoms with Crippen LogP contribution in [-0.4, -0.2) is 36.3 Å². The molecule has 0 radical (unpaired) electrons. The van der Waals surface area contributed by atoms with Crippen molar-refractivity contribution in [1.82, 2.24) is 5.32 Å². The molecule has 2 atom stereocenters. The second-order valence-corrected chi connectivity index (χ2v) is 6.19. The summed E-state index contributed by atoms with van der Waals surface area (Å²) in [7, 11) is 0. The predicted octanol–water partition coefficient (Wildman–Crippen LogP) is 2.14. The quantitative estimate of drug-likeness (QED) is 0.617. The van der Waals surface area contributed by atoms with Crippen LogP contribution >= 0.6 is 0 Å². The van der Waals surface area contributed by atoms with Crippen LogP contribution in [0.5, 0.6) is 5.75 Å². The summed E-state index contributed by atoms with van der Waals surface area (Å²) in [5.74, 6) is 0.349. The number of carbonyl (C=O) groups is 1. The summed E-state index contributed by atoms with van der Waals surface area (Å²) < 4.78 is 5.53. The molecule has 0 heterocycles. The van der Waals surface area contributed by atoms with Gasteiger partial charge in [0.1, 0.15) is 18.5 Å². The summed E-state index contributed by atoms with van der Waals surface area (Å²) in [6.45, 7) is 2.83. The number of aliphatic hydroxyl groups excluding tert-OH is 1. The Balaban J connectivity index is 1.64. The fourth-order valence-electron chi connectivity index (χ4n) is 2.43. The number of carbonyl (C=O) groups excluding carboxylic acids is 1. The first-order valence-corrected chi connectivity index (χ1v) is 8.52. The summed E-state index contributed by atoms with van der Waals surface area (Å²) in [5.41, 5.74) is 6.92. The first-order chi connectivity index (χ1) is 12.0. The normalized spacial score (nSPS) is 13.2. The number of amides is 1. The zero-order valence-electron chi connectivity index (χ0n) is 14.5. The molecule has 134 valence electrons. The lowest BCUT2D eigenvalue weighted by Gasteiger charge is -2.17. The first-order valence-electron chi connectivity index (χ1n) is 8.52. The van der Waals surface area contributed by atoms with E-state index in [1.54, 1.807) is 12.1 Å². The lowest BCUT2D eigenvalue weighted by atomic mass is 10.0. The van der Waals surface area contributed by atoms with Crippen LogP contribution < -0.4 is 15.8 Å². The van der Waals surface area contributed by atoms with Gasteiger partial charge in [-0.1, -0.05) is 30.3 Å². The molecule has 0 aliphatic heterocycles. The highest BCUT2D eigenvalue weighted by Gasteiger charge is 2.09. The molecule has 0 spiro atoms. The van der Waals surface area contributed by atoms with Gasteiger partial charge in [-0.3, -0.25) is 4.79 Å². The Morgan fingerprint density at radius 1 is 1.16 bits per heavy atom. The lowest BCUT2D eigenvalue weighted by molar-refractivity contribution is 0.1000. The topological polar surface area (TPSA) is 84.6 Å². The molecule has 4 N–H and O–H groups in total. The zero-order chi connectivity index (χ0) is 18.1. The average Bonchev–Trinajstić information content (AvgIpc) is 2.64. The molecule has 0 aliphatic carbocycles. The molecule has 25 heavy (non-hydrogen) atoms. The maximum atomic E-state index is 11.0. The van der Waals surface area contributed by atoms with E-state index >= 15 is 0 Å². The van der Waals surface area contributed by atoms with Crippen molar-refractivity contribution in [3.05, 3.63) is 65.7 Å². The van der Waals surface area contributed by atoms with Gasteiger partial charge in [-0.15, -0.1) is 0 Å². The molecule has 2 aromatic rings. The van der Waals surface area contributed by atoms with E-state index in [4.69, 9.17) is 10.5 Å². The van der Waals surface area contributed by atoms with Crippen LogP contribution in [-0.2, 0) is 6.42 Å². The minimum Gasteiger partial charge on any atom is -0.491 e. The van der Waals surface area contributed by atoms with Gasteiger partial charge in [0.05, 0.1) is 0 Å². The van der Waals surface area contributed by atoms with Crippen LogP contribution in [0.15, 0.2) is 54.6 Å². The van der Waals surface area contributed by atoms with E-state index in [1.165, 1.54) is 0 Å². The molecule has 0 aliphatic rings. The molecule has 0 unspecified atom stereocenters. The van der Waals surface area contributed by atoms with Crippen LogP contribution in [0.3, 0.4) is 0 Å². The summed E-state index contributed by atoms with van der Waals surface area (Å²) in [4.78, 5) is 11.0. The van der Waals surface area contributed by atoms with Gasteiger partial charge in [0.15, 0.2) is 0 Å². The van der Waals surface area contributed by atoms with E-state index in [9.17, 15) is 9.90 Å². The van der Waals surface area contributed by atoms with Gasteiger partial charge in [0, 0.05) is 18.2 Å². The second-order valence-electron chi connectivity index (χ2n) is 6.19. The van der Waals surface area contributed by atoms with Crippen LogP contribution in [0.2, 0.25) is 0 Å². The molecule has 1 amide bonds. The number of nitrogens with two attached hydrogens (primary N) is 1. The third-order valence-corrected chi connectivity index (χ3v) is 3.99. The number of hydrogen-bond acceptors (Lipinski definition) is 4. The third kappa shape index (κ3) is 6.95. The number of aryl methyl sites for hydroxylation is 1.